The molecule has 1 N–H and O–H groups in total. The van der Waals surface area contributed by atoms with Gasteiger partial charge in [-0.1, -0.05) is 30.3 Å². The van der Waals surface area contributed by atoms with Gasteiger partial charge in [-0.15, -0.1) is 0 Å². The SMILES string of the molecule is N#C[C@@H](O)CCCCc1ccccc1. The van der Waals surface area contributed by atoms with E-state index < -0.39 is 6.10 Å². The summed E-state index contributed by atoms with van der Waals surface area (Å²) in [6.45, 7) is 0. The molecule has 0 fully saturated rings. The first-order valence-corrected chi connectivity index (χ1v) is 4.94. The Morgan fingerprint density at radius 3 is 2.57 bits per heavy atom. The molecular formula is C12H15NO. The molecule has 0 bridgehead atoms. The van der Waals surface area contributed by atoms with Crippen LogP contribution < -0.4 is 0 Å². The van der Waals surface area contributed by atoms with Crippen molar-refractivity contribution < 1.29 is 5.11 Å². The first-order valence-electron chi connectivity index (χ1n) is 4.94. The van der Waals surface area contributed by atoms with Gasteiger partial charge in [0.05, 0.1) is 6.07 Å². The molecule has 0 heterocycles. The summed E-state index contributed by atoms with van der Waals surface area (Å²) < 4.78 is 0. The predicted molar refractivity (Wildman–Crippen MR) is 55.6 cm³/mol. The van der Waals surface area contributed by atoms with Crippen LogP contribution in [0.25, 0.3) is 0 Å². The minimum atomic E-state index is -0.786. The Morgan fingerprint density at radius 2 is 1.93 bits per heavy atom. The highest BCUT2D eigenvalue weighted by Gasteiger charge is 2.00. The maximum atomic E-state index is 8.99. The zero-order valence-electron chi connectivity index (χ0n) is 8.19. The van der Waals surface area contributed by atoms with E-state index >= 15 is 0 Å². The van der Waals surface area contributed by atoms with Crippen LogP contribution in [0.5, 0.6) is 0 Å². The van der Waals surface area contributed by atoms with Gasteiger partial charge in [-0.25, -0.2) is 0 Å². The molecule has 0 saturated carbocycles. The third-order valence-electron chi connectivity index (χ3n) is 2.18. The monoisotopic (exact) mass is 189 g/mol. The van der Waals surface area contributed by atoms with Crippen molar-refractivity contribution in [1.29, 1.82) is 5.26 Å². The highest BCUT2D eigenvalue weighted by atomic mass is 16.3. The lowest BCUT2D eigenvalue weighted by molar-refractivity contribution is 0.215. The Hall–Kier alpha value is -1.33. The Kier molecular flexibility index (Phi) is 4.74. The van der Waals surface area contributed by atoms with Crippen molar-refractivity contribution in [3.63, 3.8) is 0 Å². The van der Waals surface area contributed by atoms with Gasteiger partial charge in [-0.2, -0.15) is 5.26 Å². The van der Waals surface area contributed by atoms with E-state index in [1.807, 2.05) is 24.3 Å². The number of benzene rings is 1. The third-order valence-corrected chi connectivity index (χ3v) is 2.18. The zero-order valence-corrected chi connectivity index (χ0v) is 8.19. The minimum Gasteiger partial charge on any atom is -0.378 e. The summed E-state index contributed by atoms with van der Waals surface area (Å²) >= 11 is 0. The standard InChI is InChI=1S/C12H15NO/c13-10-12(14)9-5-4-8-11-6-2-1-3-7-11/h1-3,6-7,12,14H,4-5,8-9H2/t12-/m0/s1. The molecule has 0 aliphatic rings. The van der Waals surface area contributed by atoms with Crippen LogP contribution in [0.2, 0.25) is 0 Å². The number of unbranched alkanes of at least 4 members (excludes halogenated alkanes) is 1. The lowest BCUT2D eigenvalue weighted by Gasteiger charge is -2.02. The van der Waals surface area contributed by atoms with Crippen molar-refractivity contribution in [2.75, 3.05) is 0 Å². The van der Waals surface area contributed by atoms with Crippen LogP contribution in [0.3, 0.4) is 0 Å². The maximum absolute atomic E-state index is 8.99. The second-order valence-electron chi connectivity index (χ2n) is 3.38. The quantitative estimate of drug-likeness (QED) is 0.570. The Labute approximate surface area is 84.8 Å². The molecule has 1 aromatic carbocycles. The average Bonchev–Trinajstić information content (AvgIpc) is 2.25. The molecule has 0 aliphatic carbocycles. The highest BCUT2D eigenvalue weighted by Crippen LogP contribution is 2.07. The summed E-state index contributed by atoms with van der Waals surface area (Å²) in [5, 5.41) is 17.3. The van der Waals surface area contributed by atoms with Crippen LogP contribution in [-0.4, -0.2) is 11.2 Å². The van der Waals surface area contributed by atoms with Crippen molar-refractivity contribution in [2.24, 2.45) is 0 Å². The lowest BCUT2D eigenvalue weighted by atomic mass is 10.1. The molecule has 0 aliphatic heterocycles. The fourth-order valence-corrected chi connectivity index (χ4v) is 1.38. The van der Waals surface area contributed by atoms with Crippen LogP contribution in [0.15, 0.2) is 30.3 Å². The maximum Gasteiger partial charge on any atom is 0.140 e. The van der Waals surface area contributed by atoms with Gasteiger partial charge in [0.2, 0.25) is 0 Å². The number of hydrogen-bond donors (Lipinski definition) is 1. The van der Waals surface area contributed by atoms with E-state index in [2.05, 4.69) is 12.1 Å². The number of nitriles is 1. The molecule has 0 amide bonds. The van der Waals surface area contributed by atoms with E-state index in [9.17, 15) is 0 Å². The second kappa shape index (κ2) is 6.17. The lowest BCUT2D eigenvalue weighted by Crippen LogP contribution is -2.01. The summed E-state index contributed by atoms with van der Waals surface area (Å²) in [4.78, 5) is 0. The van der Waals surface area contributed by atoms with Crippen LogP contribution >= 0.6 is 0 Å². The van der Waals surface area contributed by atoms with Gasteiger partial charge in [-0.3, -0.25) is 0 Å². The highest BCUT2D eigenvalue weighted by molar-refractivity contribution is 5.14. The van der Waals surface area contributed by atoms with Crippen LogP contribution in [-0.2, 0) is 6.42 Å². The van der Waals surface area contributed by atoms with E-state index in [0.29, 0.717) is 6.42 Å². The van der Waals surface area contributed by atoms with E-state index in [0.717, 1.165) is 19.3 Å². The Balaban J connectivity index is 2.14. The summed E-state index contributed by atoms with van der Waals surface area (Å²) in [7, 11) is 0. The molecule has 0 spiro atoms. The molecule has 0 unspecified atom stereocenters. The molecule has 14 heavy (non-hydrogen) atoms. The van der Waals surface area contributed by atoms with Crippen LogP contribution in [0, 0.1) is 11.3 Å². The fraction of sp³-hybridized carbons (Fsp3) is 0.417. The molecule has 0 aromatic heterocycles. The average molecular weight is 189 g/mol. The molecule has 2 nitrogen and oxygen atoms in total. The van der Waals surface area contributed by atoms with E-state index in [1.54, 1.807) is 0 Å². The Morgan fingerprint density at radius 1 is 1.21 bits per heavy atom. The predicted octanol–water partition coefficient (Wildman–Crippen LogP) is 2.28. The second-order valence-corrected chi connectivity index (χ2v) is 3.38. The van der Waals surface area contributed by atoms with Gasteiger partial charge in [0.15, 0.2) is 0 Å². The van der Waals surface area contributed by atoms with Gasteiger partial charge in [-0.05, 0) is 31.2 Å². The van der Waals surface area contributed by atoms with Crippen molar-refractivity contribution in [2.45, 2.75) is 31.8 Å². The molecule has 2 heteroatoms. The topological polar surface area (TPSA) is 44.0 Å². The number of aryl methyl sites for hydroxylation is 1. The molecule has 74 valence electrons. The van der Waals surface area contributed by atoms with Gasteiger partial charge in [0.25, 0.3) is 0 Å². The first kappa shape index (κ1) is 10.7. The normalized spacial score (nSPS) is 12.0. The summed E-state index contributed by atoms with van der Waals surface area (Å²) in [6, 6.07) is 12.1. The summed E-state index contributed by atoms with van der Waals surface area (Å²) in [6.07, 6.45) is 2.76. The summed E-state index contributed by atoms with van der Waals surface area (Å²) in [5.41, 5.74) is 1.32. The first-order chi connectivity index (χ1) is 6.83. The minimum absolute atomic E-state index is 0.587. The van der Waals surface area contributed by atoms with Crippen LogP contribution in [0.1, 0.15) is 24.8 Å². The van der Waals surface area contributed by atoms with E-state index in [4.69, 9.17) is 10.4 Å². The Bertz CT molecular complexity index is 289. The zero-order chi connectivity index (χ0) is 10.2. The molecule has 1 aromatic rings. The molecule has 1 rings (SSSR count). The number of rotatable bonds is 5. The van der Waals surface area contributed by atoms with Gasteiger partial charge < -0.3 is 5.11 Å². The van der Waals surface area contributed by atoms with Gasteiger partial charge in [0.1, 0.15) is 6.10 Å². The van der Waals surface area contributed by atoms with Crippen molar-refractivity contribution >= 4 is 0 Å². The number of hydrogen-bond acceptors (Lipinski definition) is 2. The number of nitrogens with zero attached hydrogens (tertiary/aromatic N) is 1. The largest absolute Gasteiger partial charge is 0.378 e. The molecule has 0 radical (unpaired) electrons. The molecule has 0 saturated heterocycles. The number of aliphatic hydroxyl groups excluding tert-OH is 1. The summed E-state index contributed by atoms with van der Waals surface area (Å²) in [5.74, 6) is 0. The number of aliphatic hydroxyl groups is 1. The fourth-order valence-electron chi connectivity index (χ4n) is 1.38. The van der Waals surface area contributed by atoms with E-state index in [-0.39, 0.29) is 0 Å². The van der Waals surface area contributed by atoms with Crippen molar-refractivity contribution in [3.05, 3.63) is 35.9 Å². The van der Waals surface area contributed by atoms with Crippen molar-refractivity contribution in [1.82, 2.24) is 0 Å². The van der Waals surface area contributed by atoms with Gasteiger partial charge >= 0.3 is 0 Å². The van der Waals surface area contributed by atoms with Crippen molar-refractivity contribution in [3.8, 4) is 6.07 Å². The smallest absolute Gasteiger partial charge is 0.140 e. The van der Waals surface area contributed by atoms with Crippen LogP contribution in [0.4, 0.5) is 0 Å². The third kappa shape index (κ3) is 4.06. The molecular weight excluding hydrogens is 174 g/mol. The molecule has 1 atom stereocenters. The van der Waals surface area contributed by atoms with E-state index in [1.165, 1.54) is 5.56 Å². The van der Waals surface area contributed by atoms with Gasteiger partial charge in [0, 0.05) is 0 Å².